The summed E-state index contributed by atoms with van der Waals surface area (Å²) in [6.07, 6.45) is -3.48. The highest BCUT2D eigenvalue weighted by atomic mass is 32.2. The van der Waals surface area contributed by atoms with Crippen molar-refractivity contribution in [3.8, 4) is 5.75 Å². The molecule has 1 aromatic rings. The van der Waals surface area contributed by atoms with E-state index >= 15 is 0 Å². The zero-order valence-electron chi connectivity index (χ0n) is 19.5. The zero-order valence-corrected chi connectivity index (χ0v) is 20.3. The van der Waals surface area contributed by atoms with Crippen molar-refractivity contribution < 1.29 is 32.2 Å². The number of amides is 1. The molecule has 7 nitrogen and oxygen atoms in total. The minimum atomic E-state index is -4.91. The lowest BCUT2D eigenvalue weighted by Crippen LogP contribution is -2.40. The zero-order chi connectivity index (χ0) is 25.3. The number of aliphatic imine (C=N–C) groups is 1. The molecule has 2 heterocycles. The van der Waals surface area contributed by atoms with Crippen LogP contribution in [0.3, 0.4) is 0 Å². The van der Waals surface area contributed by atoms with E-state index in [9.17, 15) is 22.8 Å². The van der Waals surface area contributed by atoms with Crippen LogP contribution >= 0.6 is 11.8 Å². The van der Waals surface area contributed by atoms with Gasteiger partial charge in [-0.05, 0) is 44.1 Å². The number of carbonyl (C=O) groups excluding carboxylic acids is 2. The second-order valence-corrected chi connectivity index (χ2v) is 9.61. The molecule has 2 aliphatic heterocycles. The van der Waals surface area contributed by atoms with Gasteiger partial charge in [-0.25, -0.2) is 9.79 Å². The summed E-state index contributed by atoms with van der Waals surface area (Å²) in [5.74, 6) is -0.597. The van der Waals surface area contributed by atoms with Crippen molar-refractivity contribution in [2.45, 2.75) is 51.4 Å². The van der Waals surface area contributed by atoms with Gasteiger partial charge >= 0.3 is 12.1 Å². The quantitative estimate of drug-likeness (QED) is 0.513. The van der Waals surface area contributed by atoms with Gasteiger partial charge in [-0.3, -0.25) is 4.79 Å². The Morgan fingerprint density at radius 3 is 2.60 bits per heavy atom. The Balaban J connectivity index is 1.80. The number of para-hydroxylation sites is 1. The van der Waals surface area contributed by atoms with Crippen LogP contribution in [0.25, 0.3) is 0 Å². The fraction of sp³-hybridized carbons (Fsp3) is 0.458. The van der Waals surface area contributed by atoms with Crippen LogP contribution in [-0.2, 0) is 14.3 Å². The maximum Gasteiger partial charge on any atom is 0.434 e. The molecule has 0 unspecified atom stereocenters. The summed E-state index contributed by atoms with van der Waals surface area (Å²) < 4.78 is 53.3. The topological polar surface area (TPSA) is 80.2 Å². The van der Waals surface area contributed by atoms with Gasteiger partial charge in [0.1, 0.15) is 5.75 Å². The Hall–Kier alpha value is -2.95. The number of hydrogen-bond donors (Lipinski definition) is 1. The predicted molar refractivity (Wildman–Crippen MR) is 125 cm³/mol. The van der Waals surface area contributed by atoms with Gasteiger partial charge in [0.25, 0.3) is 0 Å². The maximum atomic E-state index is 14.2. The van der Waals surface area contributed by atoms with Crippen molar-refractivity contribution in [3.05, 3.63) is 52.2 Å². The molecule has 1 saturated carbocycles. The number of carbonyl (C=O) groups is 2. The SMILES string of the molecule is COc1ccccc1[C@@H]1C(C(=O)OC(C)C)=C(C(F)(F)F)N=C2SC=C(CC(=O)NCC3CC3)N21. The van der Waals surface area contributed by atoms with E-state index in [2.05, 4.69) is 10.3 Å². The second kappa shape index (κ2) is 9.96. The van der Waals surface area contributed by atoms with Crippen LogP contribution in [0.5, 0.6) is 5.75 Å². The van der Waals surface area contributed by atoms with E-state index in [1.54, 1.807) is 43.5 Å². The van der Waals surface area contributed by atoms with Crippen molar-refractivity contribution in [1.29, 1.82) is 0 Å². The Bertz CT molecular complexity index is 1110. The highest BCUT2D eigenvalue weighted by molar-refractivity contribution is 8.16. The first kappa shape index (κ1) is 25.2. The van der Waals surface area contributed by atoms with Crippen LogP contribution in [0.2, 0.25) is 0 Å². The number of thioether (sulfide) groups is 1. The van der Waals surface area contributed by atoms with E-state index in [0.29, 0.717) is 29.5 Å². The van der Waals surface area contributed by atoms with Crippen molar-refractivity contribution in [2.24, 2.45) is 10.9 Å². The smallest absolute Gasteiger partial charge is 0.434 e. The molecule has 0 bridgehead atoms. The molecule has 1 amide bonds. The van der Waals surface area contributed by atoms with Gasteiger partial charge in [0.05, 0.1) is 31.2 Å². The molecule has 11 heteroatoms. The monoisotopic (exact) mass is 509 g/mol. The summed E-state index contributed by atoms with van der Waals surface area (Å²) >= 11 is 0.979. The van der Waals surface area contributed by atoms with E-state index < -0.39 is 35.6 Å². The van der Waals surface area contributed by atoms with Crippen LogP contribution in [-0.4, -0.2) is 47.9 Å². The Morgan fingerprint density at radius 2 is 1.97 bits per heavy atom. The summed E-state index contributed by atoms with van der Waals surface area (Å²) in [4.78, 5) is 31.1. The standard InChI is InChI=1S/C24H26F3N3O4S/c1-13(2)34-22(32)19-20(16-6-4-5-7-17(16)33-3)30-15(10-18(31)28-11-14-8-9-14)12-35-23(30)29-21(19)24(25,26)27/h4-7,12-14,20H,8-11H2,1-3H3,(H,28,31)/t20-/m1/s1. The molecule has 0 spiro atoms. The van der Waals surface area contributed by atoms with Gasteiger partial charge < -0.3 is 19.7 Å². The number of esters is 1. The molecule has 0 aromatic heterocycles. The summed E-state index contributed by atoms with van der Waals surface area (Å²) in [6, 6.07) is 5.28. The summed E-state index contributed by atoms with van der Waals surface area (Å²) in [5, 5.41) is 4.50. The number of fused-ring (bicyclic) bond motifs is 1. The number of nitrogens with one attached hydrogen (secondary N) is 1. The molecular formula is C24H26F3N3O4S. The summed E-state index contributed by atoms with van der Waals surface area (Å²) in [7, 11) is 1.40. The number of methoxy groups -OCH3 is 1. The average molecular weight is 510 g/mol. The lowest BCUT2D eigenvalue weighted by molar-refractivity contribution is -0.145. The van der Waals surface area contributed by atoms with Crippen LogP contribution in [0, 0.1) is 5.92 Å². The van der Waals surface area contributed by atoms with Crippen molar-refractivity contribution >= 4 is 28.8 Å². The third kappa shape index (κ3) is 5.50. The van der Waals surface area contributed by atoms with Crippen molar-refractivity contribution in [3.63, 3.8) is 0 Å². The van der Waals surface area contributed by atoms with Gasteiger partial charge in [0.2, 0.25) is 5.91 Å². The largest absolute Gasteiger partial charge is 0.496 e. The number of benzene rings is 1. The number of nitrogens with zero attached hydrogens (tertiary/aromatic N) is 2. The Kier molecular flexibility index (Phi) is 7.16. The first-order valence-electron chi connectivity index (χ1n) is 11.3. The Morgan fingerprint density at radius 1 is 1.26 bits per heavy atom. The first-order chi connectivity index (χ1) is 16.6. The molecule has 3 aliphatic rings. The van der Waals surface area contributed by atoms with Gasteiger partial charge in [0, 0.05) is 17.8 Å². The van der Waals surface area contributed by atoms with Gasteiger partial charge in [-0.15, -0.1) is 0 Å². The predicted octanol–water partition coefficient (Wildman–Crippen LogP) is 4.68. The minimum absolute atomic E-state index is 0.0271. The molecule has 1 atom stereocenters. The minimum Gasteiger partial charge on any atom is -0.496 e. The number of ether oxygens (including phenoxy) is 2. The second-order valence-electron chi connectivity index (χ2n) is 8.77. The van der Waals surface area contributed by atoms with Gasteiger partial charge in [-0.1, -0.05) is 30.0 Å². The lowest BCUT2D eigenvalue weighted by Gasteiger charge is -2.37. The molecule has 1 aliphatic carbocycles. The molecule has 0 saturated heterocycles. The normalized spacial score (nSPS) is 19.9. The maximum absolute atomic E-state index is 14.2. The van der Waals surface area contributed by atoms with E-state index in [4.69, 9.17) is 9.47 Å². The number of allylic oxidation sites excluding steroid dienone is 1. The molecule has 1 N–H and O–H groups in total. The van der Waals surface area contributed by atoms with E-state index in [-0.39, 0.29) is 17.5 Å². The fourth-order valence-corrected chi connectivity index (χ4v) is 4.87. The molecule has 1 aromatic carbocycles. The molecule has 1 fully saturated rings. The van der Waals surface area contributed by atoms with E-state index in [1.165, 1.54) is 12.0 Å². The number of halogens is 3. The number of rotatable bonds is 8. The van der Waals surface area contributed by atoms with E-state index in [0.717, 1.165) is 24.6 Å². The average Bonchev–Trinajstić information content (AvgIpc) is 3.55. The van der Waals surface area contributed by atoms with Crippen LogP contribution < -0.4 is 10.1 Å². The summed E-state index contributed by atoms with van der Waals surface area (Å²) in [5.41, 5.74) is -1.20. The molecular weight excluding hydrogens is 483 g/mol. The highest BCUT2D eigenvalue weighted by Gasteiger charge is 2.50. The van der Waals surface area contributed by atoms with Crippen molar-refractivity contribution in [1.82, 2.24) is 10.2 Å². The Labute approximate surface area is 205 Å². The van der Waals surface area contributed by atoms with Crippen LogP contribution in [0.15, 0.2) is 51.6 Å². The third-order valence-corrected chi connectivity index (χ3v) is 6.59. The van der Waals surface area contributed by atoms with Crippen molar-refractivity contribution in [2.75, 3.05) is 13.7 Å². The lowest BCUT2D eigenvalue weighted by atomic mass is 9.92. The van der Waals surface area contributed by atoms with Crippen LogP contribution in [0.1, 0.15) is 44.7 Å². The number of hydrogen-bond acceptors (Lipinski definition) is 7. The third-order valence-electron chi connectivity index (χ3n) is 5.70. The molecule has 35 heavy (non-hydrogen) atoms. The molecule has 0 radical (unpaired) electrons. The fourth-order valence-electron chi connectivity index (χ4n) is 3.95. The number of amidine groups is 1. The van der Waals surface area contributed by atoms with Gasteiger partial charge in [0.15, 0.2) is 10.9 Å². The molecule has 4 rings (SSSR count). The van der Waals surface area contributed by atoms with E-state index in [1.807, 2.05) is 0 Å². The number of alkyl halides is 3. The van der Waals surface area contributed by atoms with Gasteiger partial charge in [-0.2, -0.15) is 13.2 Å². The molecule has 188 valence electrons. The highest BCUT2D eigenvalue weighted by Crippen LogP contribution is 2.49. The van der Waals surface area contributed by atoms with Crippen LogP contribution in [0.4, 0.5) is 13.2 Å². The summed E-state index contributed by atoms with van der Waals surface area (Å²) in [6.45, 7) is 3.69. The first-order valence-corrected chi connectivity index (χ1v) is 12.1.